The van der Waals surface area contributed by atoms with Gasteiger partial charge in [0.05, 0.1) is 5.56 Å². The number of benzene rings is 2. The number of carbonyl (C=O) groups is 2. The number of hydrogen-bond donors (Lipinski definition) is 0. The van der Waals surface area contributed by atoms with E-state index in [0.717, 1.165) is 16.9 Å². The van der Waals surface area contributed by atoms with E-state index in [1.54, 1.807) is 12.1 Å². The van der Waals surface area contributed by atoms with E-state index < -0.39 is 6.10 Å². The second-order valence-corrected chi connectivity index (χ2v) is 10.8. The average molecular weight is 482 g/mol. The lowest BCUT2D eigenvalue weighted by Crippen LogP contribution is -2.64. The zero-order valence-electron chi connectivity index (χ0n) is 22.1. The first-order valence-corrected chi connectivity index (χ1v) is 12.3. The highest BCUT2D eigenvalue weighted by molar-refractivity contribution is 5.89. The zero-order chi connectivity index (χ0) is 25.8. The highest BCUT2D eigenvalue weighted by Crippen LogP contribution is 2.40. The predicted octanol–water partition coefficient (Wildman–Crippen LogP) is 5.49. The lowest BCUT2D eigenvalue weighted by atomic mass is 9.77. The molecule has 0 saturated carbocycles. The van der Waals surface area contributed by atoms with Gasteiger partial charge in [-0.25, -0.2) is 4.79 Å². The van der Waals surface area contributed by atoms with Crippen molar-refractivity contribution in [2.75, 3.05) is 13.2 Å². The van der Waals surface area contributed by atoms with Crippen molar-refractivity contribution >= 4 is 11.9 Å². The van der Waals surface area contributed by atoms with E-state index in [1.807, 2.05) is 50.2 Å². The molecule has 0 spiro atoms. The van der Waals surface area contributed by atoms with Crippen LogP contribution in [0.25, 0.3) is 0 Å². The molecule has 2 aromatic carbocycles. The number of rotatable bonds is 8. The van der Waals surface area contributed by atoms with Crippen LogP contribution in [-0.4, -0.2) is 53.3 Å². The zero-order valence-corrected chi connectivity index (χ0v) is 22.1. The van der Waals surface area contributed by atoms with E-state index >= 15 is 0 Å². The van der Waals surface area contributed by atoms with E-state index in [2.05, 4.69) is 32.6 Å². The third-order valence-electron chi connectivity index (χ3n) is 6.74. The molecule has 1 saturated heterocycles. The molecule has 6 heteroatoms. The van der Waals surface area contributed by atoms with Gasteiger partial charge in [0, 0.05) is 37.4 Å². The first kappa shape index (κ1) is 26.7. The maximum Gasteiger partial charge on any atom is 0.338 e. The molecule has 0 aliphatic carbocycles. The smallest absolute Gasteiger partial charge is 0.338 e. The van der Waals surface area contributed by atoms with Crippen LogP contribution < -0.4 is 4.74 Å². The van der Waals surface area contributed by atoms with Crippen LogP contribution in [0, 0.1) is 13.8 Å². The fraction of sp³-hybridized carbons (Fsp3) is 0.517. The molecule has 2 aromatic rings. The standard InChI is InChI=1S/C29H39NO5/c1-20-12-11-13-21(2)26(20)33-19-25(34-22(3)31)18-30-28(4,5)16-24(17-29(30,6)7)35-27(32)23-14-9-8-10-15-23/h8-15,24-25H,16-19H2,1-7H3. The van der Waals surface area contributed by atoms with Crippen molar-refractivity contribution in [3.63, 3.8) is 0 Å². The van der Waals surface area contributed by atoms with E-state index in [9.17, 15) is 9.59 Å². The van der Waals surface area contributed by atoms with E-state index in [1.165, 1.54) is 6.92 Å². The van der Waals surface area contributed by atoms with Gasteiger partial charge in [-0.15, -0.1) is 0 Å². The SMILES string of the molecule is CC(=O)OC(COc1c(C)cccc1C)CN1C(C)(C)CC(OC(=O)c2ccccc2)CC1(C)C. The molecular weight excluding hydrogens is 442 g/mol. The maximum atomic E-state index is 12.7. The molecular formula is C29H39NO5. The lowest BCUT2D eigenvalue weighted by molar-refractivity contribution is -0.155. The molecule has 1 aliphatic rings. The van der Waals surface area contributed by atoms with Gasteiger partial charge in [0.1, 0.15) is 24.6 Å². The highest BCUT2D eigenvalue weighted by Gasteiger charge is 2.47. The van der Waals surface area contributed by atoms with Gasteiger partial charge in [-0.05, 0) is 64.8 Å². The molecule has 0 amide bonds. The fourth-order valence-electron chi connectivity index (χ4n) is 5.36. The topological polar surface area (TPSA) is 65.1 Å². The van der Waals surface area contributed by atoms with Crippen molar-refractivity contribution in [2.24, 2.45) is 0 Å². The third-order valence-corrected chi connectivity index (χ3v) is 6.74. The number of hydrogen-bond acceptors (Lipinski definition) is 6. The Labute approximate surface area is 209 Å². The molecule has 1 atom stereocenters. The number of esters is 2. The molecule has 1 unspecified atom stereocenters. The summed E-state index contributed by atoms with van der Waals surface area (Å²) in [6, 6.07) is 15.1. The van der Waals surface area contributed by atoms with Gasteiger partial charge in [-0.2, -0.15) is 0 Å². The van der Waals surface area contributed by atoms with E-state index in [0.29, 0.717) is 24.9 Å². The Morgan fingerprint density at radius 2 is 1.51 bits per heavy atom. The number of para-hydroxylation sites is 1. The minimum Gasteiger partial charge on any atom is -0.489 e. The summed E-state index contributed by atoms with van der Waals surface area (Å²) in [7, 11) is 0. The summed E-state index contributed by atoms with van der Waals surface area (Å²) in [4.78, 5) is 27.0. The number of carbonyl (C=O) groups excluding carboxylic acids is 2. The largest absolute Gasteiger partial charge is 0.489 e. The second kappa shape index (κ2) is 10.8. The predicted molar refractivity (Wildman–Crippen MR) is 137 cm³/mol. The summed E-state index contributed by atoms with van der Waals surface area (Å²) in [6.45, 7) is 14.8. The Morgan fingerprint density at radius 3 is 2.06 bits per heavy atom. The fourth-order valence-corrected chi connectivity index (χ4v) is 5.36. The van der Waals surface area contributed by atoms with Gasteiger partial charge < -0.3 is 14.2 Å². The van der Waals surface area contributed by atoms with Crippen molar-refractivity contribution in [3.05, 3.63) is 65.2 Å². The molecule has 0 N–H and O–H groups in total. The third kappa shape index (κ3) is 6.85. The molecule has 1 aliphatic heterocycles. The highest BCUT2D eigenvalue weighted by atomic mass is 16.6. The van der Waals surface area contributed by atoms with Gasteiger partial charge >= 0.3 is 11.9 Å². The Hall–Kier alpha value is -2.86. The summed E-state index contributed by atoms with van der Waals surface area (Å²) < 4.78 is 17.8. The van der Waals surface area contributed by atoms with Crippen molar-refractivity contribution in [2.45, 2.75) is 84.6 Å². The molecule has 1 fully saturated rings. The second-order valence-electron chi connectivity index (χ2n) is 10.8. The van der Waals surface area contributed by atoms with Crippen molar-refractivity contribution in [1.82, 2.24) is 4.90 Å². The van der Waals surface area contributed by atoms with Crippen LogP contribution in [-0.2, 0) is 14.3 Å². The summed E-state index contributed by atoms with van der Waals surface area (Å²) in [5.74, 6) is 0.201. The minimum absolute atomic E-state index is 0.206. The Morgan fingerprint density at radius 1 is 0.943 bits per heavy atom. The first-order valence-electron chi connectivity index (χ1n) is 12.3. The van der Waals surface area contributed by atoms with Crippen LogP contribution in [0.3, 0.4) is 0 Å². The monoisotopic (exact) mass is 481 g/mol. The first-order chi connectivity index (χ1) is 16.4. The van der Waals surface area contributed by atoms with Crippen molar-refractivity contribution in [1.29, 1.82) is 0 Å². The van der Waals surface area contributed by atoms with Crippen LogP contribution in [0.15, 0.2) is 48.5 Å². The molecule has 190 valence electrons. The van der Waals surface area contributed by atoms with Crippen molar-refractivity contribution < 1.29 is 23.8 Å². The van der Waals surface area contributed by atoms with Crippen LogP contribution >= 0.6 is 0 Å². The number of piperidine rings is 1. The Balaban J connectivity index is 1.72. The van der Waals surface area contributed by atoms with Gasteiger partial charge in [0.15, 0.2) is 0 Å². The summed E-state index contributed by atoms with van der Waals surface area (Å²) in [6.07, 6.45) is 0.717. The number of likely N-dealkylation sites (tertiary alicyclic amines) is 1. The molecule has 0 bridgehead atoms. The van der Waals surface area contributed by atoms with Crippen LogP contribution in [0.5, 0.6) is 5.75 Å². The summed E-state index contributed by atoms with van der Waals surface area (Å²) in [5, 5.41) is 0. The molecule has 6 nitrogen and oxygen atoms in total. The van der Waals surface area contributed by atoms with Gasteiger partial charge in [0.25, 0.3) is 0 Å². The van der Waals surface area contributed by atoms with Gasteiger partial charge in [-0.3, -0.25) is 9.69 Å². The normalized spacial score (nSPS) is 18.5. The molecule has 0 radical (unpaired) electrons. The van der Waals surface area contributed by atoms with E-state index in [-0.39, 0.29) is 35.7 Å². The van der Waals surface area contributed by atoms with Crippen LogP contribution in [0.2, 0.25) is 0 Å². The Kier molecular flexibility index (Phi) is 8.26. The molecule has 1 heterocycles. The molecule has 35 heavy (non-hydrogen) atoms. The maximum absolute atomic E-state index is 12.7. The van der Waals surface area contributed by atoms with Crippen LogP contribution in [0.1, 0.15) is 68.9 Å². The summed E-state index contributed by atoms with van der Waals surface area (Å²) >= 11 is 0. The van der Waals surface area contributed by atoms with Crippen molar-refractivity contribution in [3.8, 4) is 5.75 Å². The van der Waals surface area contributed by atoms with Crippen LogP contribution in [0.4, 0.5) is 0 Å². The Bertz CT molecular complexity index is 992. The number of ether oxygens (including phenoxy) is 3. The summed E-state index contributed by atoms with van der Waals surface area (Å²) in [5.41, 5.74) is 2.08. The molecule has 3 rings (SSSR count). The van der Waals surface area contributed by atoms with E-state index in [4.69, 9.17) is 14.2 Å². The average Bonchev–Trinajstić information content (AvgIpc) is 2.75. The number of nitrogens with zero attached hydrogens (tertiary/aromatic N) is 1. The van der Waals surface area contributed by atoms with Gasteiger partial charge in [-0.1, -0.05) is 36.4 Å². The lowest BCUT2D eigenvalue weighted by Gasteiger charge is -2.55. The quantitative estimate of drug-likeness (QED) is 0.465. The molecule has 0 aromatic heterocycles. The minimum atomic E-state index is -0.437. The number of aryl methyl sites for hydroxylation is 2. The van der Waals surface area contributed by atoms with Gasteiger partial charge in [0.2, 0.25) is 0 Å².